The first-order chi connectivity index (χ1) is 11.5. The number of pyridine rings is 1. The van der Waals surface area contributed by atoms with Crippen LogP contribution in [-0.4, -0.2) is 35.9 Å². The lowest BCUT2D eigenvalue weighted by atomic mass is 9.96. The third-order valence-electron chi connectivity index (χ3n) is 4.52. The summed E-state index contributed by atoms with van der Waals surface area (Å²) in [6, 6.07) is 2.72. The Morgan fingerprint density at radius 1 is 1.46 bits per heavy atom. The minimum atomic E-state index is -2.92. The van der Waals surface area contributed by atoms with E-state index >= 15 is 0 Å². The van der Waals surface area contributed by atoms with Crippen LogP contribution >= 0.6 is 0 Å². The molecule has 2 heterocycles. The molecule has 2 fully saturated rings. The van der Waals surface area contributed by atoms with Crippen molar-refractivity contribution in [2.45, 2.75) is 56.9 Å². The monoisotopic (exact) mass is 341 g/mol. The maximum absolute atomic E-state index is 12.2. The molecule has 1 aromatic rings. The Hall–Kier alpha value is -1.96. The molecule has 1 aromatic heterocycles. The predicted molar refractivity (Wildman–Crippen MR) is 81.8 cm³/mol. The van der Waals surface area contributed by atoms with Gasteiger partial charge in [-0.25, -0.2) is 9.78 Å². The number of hydrogen-bond acceptors (Lipinski definition) is 4. The Kier molecular flexibility index (Phi) is 5.13. The third-order valence-corrected chi connectivity index (χ3v) is 4.52. The van der Waals surface area contributed by atoms with Gasteiger partial charge in [-0.2, -0.15) is 8.78 Å². The van der Waals surface area contributed by atoms with Crippen LogP contribution in [0, 0.1) is 0 Å². The highest BCUT2D eigenvalue weighted by Crippen LogP contribution is 2.40. The number of nitrogens with one attached hydrogen (secondary N) is 2. The Bertz CT molecular complexity index is 579. The largest absolute Gasteiger partial charge is 0.417 e. The summed E-state index contributed by atoms with van der Waals surface area (Å²) in [5.41, 5.74) is 0.593. The molecular weight excluding hydrogens is 320 g/mol. The topological polar surface area (TPSA) is 72.5 Å². The Balaban J connectivity index is 1.44. The van der Waals surface area contributed by atoms with Gasteiger partial charge in [0.25, 0.3) is 0 Å². The Morgan fingerprint density at radius 3 is 3.00 bits per heavy atom. The van der Waals surface area contributed by atoms with Gasteiger partial charge in [0, 0.05) is 18.8 Å². The number of ether oxygens (including phenoxy) is 2. The van der Waals surface area contributed by atoms with Crippen LogP contribution in [-0.2, 0) is 11.3 Å². The second-order valence-corrected chi connectivity index (χ2v) is 6.31. The van der Waals surface area contributed by atoms with E-state index in [1.807, 2.05) is 0 Å². The van der Waals surface area contributed by atoms with Gasteiger partial charge >= 0.3 is 12.6 Å². The SMILES string of the molecule is O=C(NCc1ccnc(OC(F)F)c1)NC1COC2(CCCC2)C1. The van der Waals surface area contributed by atoms with Crippen LogP contribution in [0.2, 0.25) is 0 Å². The van der Waals surface area contributed by atoms with E-state index in [2.05, 4.69) is 20.4 Å². The molecule has 1 aliphatic heterocycles. The average molecular weight is 341 g/mol. The van der Waals surface area contributed by atoms with E-state index in [0.29, 0.717) is 12.2 Å². The maximum Gasteiger partial charge on any atom is 0.388 e. The smallest absolute Gasteiger partial charge is 0.388 e. The van der Waals surface area contributed by atoms with Crippen molar-refractivity contribution in [2.24, 2.45) is 0 Å². The van der Waals surface area contributed by atoms with Gasteiger partial charge in [-0.15, -0.1) is 0 Å². The lowest BCUT2D eigenvalue weighted by Gasteiger charge is -2.21. The molecular formula is C16H21F2N3O3. The summed E-state index contributed by atoms with van der Waals surface area (Å²) in [6.45, 7) is -2.18. The fraction of sp³-hybridized carbons (Fsp3) is 0.625. The second kappa shape index (κ2) is 7.29. The van der Waals surface area contributed by atoms with Crippen LogP contribution < -0.4 is 15.4 Å². The second-order valence-electron chi connectivity index (χ2n) is 6.31. The number of carbonyl (C=O) groups is 1. The van der Waals surface area contributed by atoms with Crippen molar-refractivity contribution in [3.8, 4) is 5.88 Å². The molecule has 132 valence electrons. The van der Waals surface area contributed by atoms with Crippen LogP contribution in [0.25, 0.3) is 0 Å². The zero-order valence-electron chi connectivity index (χ0n) is 13.3. The van der Waals surface area contributed by atoms with Crippen LogP contribution in [0.4, 0.5) is 13.6 Å². The molecule has 2 N–H and O–H groups in total. The zero-order chi connectivity index (χ0) is 17.0. The van der Waals surface area contributed by atoms with Crippen molar-refractivity contribution in [2.75, 3.05) is 6.61 Å². The van der Waals surface area contributed by atoms with Gasteiger partial charge in [0.2, 0.25) is 5.88 Å². The highest BCUT2D eigenvalue weighted by Gasteiger charge is 2.42. The average Bonchev–Trinajstić information content (AvgIpc) is 3.15. The number of aromatic nitrogens is 1. The fourth-order valence-corrected chi connectivity index (χ4v) is 3.44. The number of carbonyl (C=O) groups excluding carboxylic acids is 1. The summed E-state index contributed by atoms with van der Waals surface area (Å²) in [7, 11) is 0. The van der Waals surface area contributed by atoms with Gasteiger partial charge in [-0.05, 0) is 30.9 Å². The molecule has 0 bridgehead atoms. The van der Waals surface area contributed by atoms with Crippen molar-refractivity contribution in [3.63, 3.8) is 0 Å². The van der Waals surface area contributed by atoms with Gasteiger partial charge < -0.3 is 20.1 Å². The van der Waals surface area contributed by atoms with E-state index in [9.17, 15) is 13.6 Å². The summed E-state index contributed by atoms with van der Waals surface area (Å²) in [5, 5.41) is 5.61. The summed E-state index contributed by atoms with van der Waals surface area (Å²) in [4.78, 5) is 15.7. The molecule has 0 radical (unpaired) electrons. The summed E-state index contributed by atoms with van der Waals surface area (Å²) >= 11 is 0. The first-order valence-corrected chi connectivity index (χ1v) is 8.13. The fourth-order valence-electron chi connectivity index (χ4n) is 3.44. The molecule has 8 heteroatoms. The molecule has 1 unspecified atom stereocenters. The van der Waals surface area contributed by atoms with Crippen molar-refractivity contribution >= 4 is 6.03 Å². The molecule has 0 aromatic carbocycles. The van der Waals surface area contributed by atoms with E-state index in [1.54, 1.807) is 6.07 Å². The number of rotatable bonds is 5. The number of amides is 2. The van der Waals surface area contributed by atoms with E-state index in [4.69, 9.17) is 4.74 Å². The minimum absolute atomic E-state index is 0.0123. The summed E-state index contributed by atoms with van der Waals surface area (Å²) < 4.78 is 34.5. The van der Waals surface area contributed by atoms with Gasteiger partial charge in [0.15, 0.2) is 0 Å². The number of alkyl halides is 2. The standard InChI is InChI=1S/C16H21F2N3O3/c17-14(18)24-13-7-11(3-6-19-13)9-20-15(22)21-12-8-16(23-10-12)4-1-2-5-16/h3,6-7,12,14H,1-2,4-5,8-10H2,(H2,20,21,22). The lowest BCUT2D eigenvalue weighted by molar-refractivity contribution is -0.0529. The van der Waals surface area contributed by atoms with Gasteiger partial charge in [0.05, 0.1) is 18.2 Å². The first-order valence-electron chi connectivity index (χ1n) is 8.13. The van der Waals surface area contributed by atoms with Crippen molar-refractivity contribution < 1.29 is 23.0 Å². The highest BCUT2D eigenvalue weighted by molar-refractivity contribution is 5.74. The first kappa shape index (κ1) is 16.9. The lowest BCUT2D eigenvalue weighted by Crippen LogP contribution is -2.42. The molecule has 3 rings (SSSR count). The molecule has 2 amide bonds. The van der Waals surface area contributed by atoms with E-state index in [-0.39, 0.29) is 30.1 Å². The normalized spacial score (nSPS) is 22.0. The van der Waals surface area contributed by atoms with Crippen LogP contribution in [0.3, 0.4) is 0 Å². The highest BCUT2D eigenvalue weighted by atomic mass is 19.3. The van der Waals surface area contributed by atoms with Crippen molar-refractivity contribution in [3.05, 3.63) is 23.9 Å². The molecule has 6 nitrogen and oxygen atoms in total. The minimum Gasteiger partial charge on any atom is -0.417 e. The molecule has 1 atom stereocenters. The van der Waals surface area contributed by atoms with Gasteiger partial charge in [0.1, 0.15) is 0 Å². The number of halogens is 2. The number of nitrogens with zero attached hydrogens (tertiary/aromatic N) is 1. The summed E-state index contributed by atoms with van der Waals surface area (Å²) in [5.74, 6) is -0.169. The maximum atomic E-state index is 12.2. The number of hydrogen-bond donors (Lipinski definition) is 2. The quantitative estimate of drug-likeness (QED) is 0.863. The predicted octanol–water partition coefficient (Wildman–Crippen LogP) is 2.58. The van der Waals surface area contributed by atoms with Crippen LogP contribution in [0.1, 0.15) is 37.7 Å². The van der Waals surface area contributed by atoms with Crippen LogP contribution in [0.15, 0.2) is 18.3 Å². The van der Waals surface area contributed by atoms with Crippen LogP contribution in [0.5, 0.6) is 5.88 Å². The van der Waals surface area contributed by atoms with E-state index in [0.717, 1.165) is 19.3 Å². The van der Waals surface area contributed by atoms with E-state index in [1.165, 1.54) is 25.1 Å². The van der Waals surface area contributed by atoms with E-state index < -0.39 is 6.61 Å². The Labute approximate surface area is 138 Å². The molecule has 2 aliphatic rings. The third kappa shape index (κ3) is 4.31. The van der Waals surface area contributed by atoms with Gasteiger partial charge in [-0.3, -0.25) is 0 Å². The molecule has 24 heavy (non-hydrogen) atoms. The van der Waals surface area contributed by atoms with Gasteiger partial charge in [-0.1, -0.05) is 12.8 Å². The molecule has 1 saturated heterocycles. The number of urea groups is 1. The van der Waals surface area contributed by atoms with Crippen molar-refractivity contribution in [1.82, 2.24) is 15.6 Å². The molecule has 1 saturated carbocycles. The zero-order valence-corrected chi connectivity index (χ0v) is 13.3. The molecule has 1 aliphatic carbocycles. The Morgan fingerprint density at radius 2 is 2.25 bits per heavy atom. The summed E-state index contributed by atoms with van der Waals surface area (Å²) in [6.07, 6.45) is 6.71. The molecule has 1 spiro atoms. The van der Waals surface area contributed by atoms with Crippen molar-refractivity contribution in [1.29, 1.82) is 0 Å².